The summed E-state index contributed by atoms with van der Waals surface area (Å²) >= 11 is 0. The number of aromatic nitrogens is 2. The number of hydrogen-bond acceptors (Lipinski definition) is 6. The van der Waals surface area contributed by atoms with Gasteiger partial charge in [0.1, 0.15) is 5.60 Å². The molecule has 0 spiro atoms. The summed E-state index contributed by atoms with van der Waals surface area (Å²) in [5.41, 5.74) is 0.543. The van der Waals surface area contributed by atoms with Gasteiger partial charge in [-0.05, 0) is 44.5 Å². The normalized spacial score (nSPS) is 17.6. The lowest BCUT2D eigenvalue weighted by atomic mass is 10.1. The van der Waals surface area contributed by atoms with E-state index in [0.29, 0.717) is 30.9 Å². The summed E-state index contributed by atoms with van der Waals surface area (Å²) in [5.74, 6) is -1.99. The molecule has 2 aromatic rings. The number of rotatable bonds is 7. The summed E-state index contributed by atoms with van der Waals surface area (Å²) in [6, 6.07) is 4.88. The Hall–Kier alpha value is -2.86. The Labute approximate surface area is 194 Å². The first-order valence-corrected chi connectivity index (χ1v) is 10.7. The van der Waals surface area contributed by atoms with E-state index in [0.717, 1.165) is 12.1 Å². The van der Waals surface area contributed by atoms with Crippen molar-refractivity contribution in [2.45, 2.75) is 51.9 Å². The summed E-state index contributed by atoms with van der Waals surface area (Å²) in [4.78, 5) is 16.1. The highest BCUT2D eigenvalue weighted by Crippen LogP contribution is 2.27. The number of hydrogen-bond donors (Lipinski definition) is 1. The topological polar surface area (TPSA) is 79.9 Å². The third kappa shape index (κ3) is 7.87. The van der Waals surface area contributed by atoms with Crippen LogP contribution < -0.4 is 4.74 Å². The average Bonchev–Trinajstić information content (AvgIpc) is 3.22. The van der Waals surface area contributed by atoms with Gasteiger partial charge in [0.15, 0.2) is 11.6 Å². The van der Waals surface area contributed by atoms with Crippen LogP contribution in [0.1, 0.15) is 32.0 Å². The number of carbonyl (C=O) groups is 1. The smallest absolute Gasteiger partial charge is 0.444 e. The number of amides is 1. The van der Waals surface area contributed by atoms with Crippen molar-refractivity contribution < 1.29 is 36.6 Å². The molecule has 1 aliphatic rings. The van der Waals surface area contributed by atoms with Gasteiger partial charge in [0, 0.05) is 32.4 Å². The number of ether oxygens (including phenoxy) is 3. The van der Waals surface area contributed by atoms with Crippen molar-refractivity contribution in [2.24, 2.45) is 0 Å². The standard InChI is InChI=1S/C22H28F4N4O4/c1-21(2,3)34-20(31)30-9-8-29(17(12-30)14-32-13-16-6-7-27-28-16)11-15-4-5-19(18(23)10-15)33-22(24,25)26/h4-7,10,17H,8-9,11-14H2,1-3H3,(H,27,28)/t17-/m1/s1. The maximum absolute atomic E-state index is 14.2. The molecule has 1 aromatic carbocycles. The third-order valence-electron chi connectivity index (χ3n) is 4.98. The van der Waals surface area contributed by atoms with Crippen molar-refractivity contribution in [2.75, 3.05) is 26.2 Å². The van der Waals surface area contributed by atoms with Crippen LogP contribution in [-0.2, 0) is 22.6 Å². The van der Waals surface area contributed by atoms with Crippen LogP contribution in [0, 0.1) is 5.82 Å². The molecule has 188 valence electrons. The summed E-state index contributed by atoms with van der Waals surface area (Å²) in [6.45, 7) is 7.25. The first-order valence-electron chi connectivity index (χ1n) is 10.7. The van der Waals surface area contributed by atoms with Gasteiger partial charge in [-0.2, -0.15) is 5.10 Å². The second kappa shape index (κ2) is 10.6. The Bertz CT molecular complexity index is 947. The van der Waals surface area contributed by atoms with Gasteiger partial charge in [0.2, 0.25) is 0 Å². The molecule has 0 unspecified atom stereocenters. The van der Waals surface area contributed by atoms with Crippen LogP contribution in [0.15, 0.2) is 30.5 Å². The van der Waals surface area contributed by atoms with Gasteiger partial charge in [-0.1, -0.05) is 6.07 Å². The number of benzene rings is 1. The molecule has 1 fully saturated rings. The Morgan fingerprint density at radius 3 is 2.59 bits per heavy atom. The predicted octanol–water partition coefficient (Wildman–Crippen LogP) is 4.09. The SMILES string of the molecule is CC(C)(C)OC(=O)N1CCN(Cc2ccc(OC(F)(F)F)c(F)c2)[C@@H](COCc2cc[nH]n2)C1. The second-order valence-electron chi connectivity index (χ2n) is 8.94. The van der Waals surface area contributed by atoms with Crippen molar-refractivity contribution in [1.82, 2.24) is 20.0 Å². The fraction of sp³-hybridized carbons (Fsp3) is 0.545. The minimum atomic E-state index is -4.98. The molecule has 1 N–H and O–H groups in total. The highest BCUT2D eigenvalue weighted by molar-refractivity contribution is 5.68. The molecule has 0 radical (unpaired) electrons. The number of nitrogens with zero attached hydrogens (tertiary/aromatic N) is 3. The van der Waals surface area contributed by atoms with E-state index in [1.165, 1.54) is 6.07 Å². The fourth-order valence-corrected chi connectivity index (χ4v) is 3.51. The monoisotopic (exact) mass is 488 g/mol. The zero-order valence-corrected chi connectivity index (χ0v) is 19.2. The van der Waals surface area contributed by atoms with Crippen LogP contribution in [0.2, 0.25) is 0 Å². The highest BCUT2D eigenvalue weighted by Gasteiger charge is 2.34. The molecule has 1 aromatic heterocycles. The number of H-pyrrole nitrogens is 1. The molecule has 1 amide bonds. The molecule has 12 heteroatoms. The van der Waals surface area contributed by atoms with Crippen LogP contribution >= 0.6 is 0 Å². The van der Waals surface area contributed by atoms with Crippen LogP contribution in [0.3, 0.4) is 0 Å². The van der Waals surface area contributed by atoms with Crippen LogP contribution in [0.25, 0.3) is 0 Å². The van der Waals surface area contributed by atoms with Gasteiger partial charge in [0.25, 0.3) is 0 Å². The maximum atomic E-state index is 14.2. The highest BCUT2D eigenvalue weighted by atomic mass is 19.4. The lowest BCUT2D eigenvalue weighted by Gasteiger charge is -2.41. The van der Waals surface area contributed by atoms with Crippen molar-refractivity contribution in [3.05, 3.63) is 47.5 Å². The van der Waals surface area contributed by atoms with E-state index in [-0.39, 0.29) is 25.8 Å². The Balaban J connectivity index is 1.68. The maximum Gasteiger partial charge on any atom is 0.573 e. The zero-order chi connectivity index (χ0) is 24.9. The lowest BCUT2D eigenvalue weighted by molar-refractivity contribution is -0.275. The lowest BCUT2D eigenvalue weighted by Crippen LogP contribution is -2.56. The summed E-state index contributed by atoms with van der Waals surface area (Å²) in [7, 11) is 0. The summed E-state index contributed by atoms with van der Waals surface area (Å²) in [6.07, 6.45) is -3.74. The molecule has 0 aliphatic carbocycles. The van der Waals surface area contributed by atoms with Gasteiger partial charge in [-0.3, -0.25) is 10.00 Å². The molecule has 0 saturated carbocycles. The van der Waals surface area contributed by atoms with E-state index in [1.807, 2.05) is 4.90 Å². The average molecular weight is 488 g/mol. The van der Waals surface area contributed by atoms with Gasteiger partial charge in [0.05, 0.1) is 24.9 Å². The largest absolute Gasteiger partial charge is 0.573 e. The van der Waals surface area contributed by atoms with Gasteiger partial charge in [-0.15, -0.1) is 13.2 Å². The van der Waals surface area contributed by atoms with Crippen molar-refractivity contribution in [3.63, 3.8) is 0 Å². The van der Waals surface area contributed by atoms with Gasteiger partial charge in [-0.25, -0.2) is 9.18 Å². The first-order chi connectivity index (χ1) is 15.9. The molecule has 8 nitrogen and oxygen atoms in total. The number of alkyl halides is 3. The number of piperazine rings is 1. The molecular weight excluding hydrogens is 460 g/mol. The quantitative estimate of drug-likeness (QED) is 0.592. The summed E-state index contributed by atoms with van der Waals surface area (Å²) < 4.78 is 66.4. The number of nitrogens with one attached hydrogen (secondary N) is 1. The fourth-order valence-electron chi connectivity index (χ4n) is 3.51. The van der Waals surface area contributed by atoms with E-state index in [4.69, 9.17) is 9.47 Å². The zero-order valence-electron chi connectivity index (χ0n) is 19.2. The first kappa shape index (κ1) is 25.8. The Morgan fingerprint density at radius 2 is 1.97 bits per heavy atom. The molecule has 1 saturated heterocycles. The van der Waals surface area contributed by atoms with Crippen molar-refractivity contribution in [3.8, 4) is 5.75 Å². The number of carbonyl (C=O) groups excluding carboxylic acids is 1. The van der Waals surface area contributed by atoms with E-state index in [9.17, 15) is 22.4 Å². The molecule has 3 rings (SSSR count). The van der Waals surface area contributed by atoms with E-state index in [2.05, 4.69) is 14.9 Å². The van der Waals surface area contributed by atoms with Crippen LogP contribution in [-0.4, -0.2) is 70.3 Å². The van der Waals surface area contributed by atoms with Gasteiger partial charge >= 0.3 is 12.5 Å². The Kier molecular flexibility index (Phi) is 8.03. The summed E-state index contributed by atoms with van der Waals surface area (Å²) in [5, 5.41) is 6.73. The second-order valence-corrected chi connectivity index (χ2v) is 8.94. The predicted molar refractivity (Wildman–Crippen MR) is 113 cm³/mol. The molecule has 2 heterocycles. The van der Waals surface area contributed by atoms with E-state index >= 15 is 0 Å². The van der Waals surface area contributed by atoms with E-state index < -0.39 is 29.6 Å². The third-order valence-corrected chi connectivity index (χ3v) is 4.98. The molecule has 34 heavy (non-hydrogen) atoms. The number of aromatic amines is 1. The minimum Gasteiger partial charge on any atom is -0.444 e. The van der Waals surface area contributed by atoms with Crippen LogP contribution in [0.5, 0.6) is 5.75 Å². The Morgan fingerprint density at radius 1 is 1.21 bits per heavy atom. The molecule has 0 bridgehead atoms. The number of halogens is 4. The van der Waals surface area contributed by atoms with Gasteiger partial charge < -0.3 is 19.1 Å². The van der Waals surface area contributed by atoms with Crippen LogP contribution in [0.4, 0.5) is 22.4 Å². The van der Waals surface area contributed by atoms with E-state index in [1.54, 1.807) is 37.9 Å². The molecular formula is C22H28F4N4O4. The van der Waals surface area contributed by atoms with Crippen molar-refractivity contribution >= 4 is 6.09 Å². The minimum absolute atomic E-state index is 0.252. The molecule has 1 aliphatic heterocycles. The van der Waals surface area contributed by atoms with Crippen molar-refractivity contribution in [1.29, 1.82) is 0 Å². The molecule has 1 atom stereocenters.